The number of carbonyl (C=O) groups is 1. The molecule has 1 fully saturated rings. The van der Waals surface area contributed by atoms with Crippen molar-refractivity contribution in [2.75, 3.05) is 5.75 Å². The predicted octanol–water partition coefficient (Wildman–Crippen LogP) is 3.81. The first-order valence-electron chi connectivity index (χ1n) is 9.05. The summed E-state index contributed by atoms with van der Waals surface area (Å²) >= 11 is 5.82. The summed E-state index contributed by atoms with van der Waals surface area (Å²) in [6.45, 7) is 1.89. The highest BCUT2D eigenvalue weighted by Gasteiger charge is 2.27. The maximum absolute atomic E-state index is 12.6. The zero-order valence-corrected chi connectivity index (χ0v) is 16.8. The van der Waals surface area contributed by atoms with Gasteiger partial charge in [-0.05, 0) is 68.4 Å². The van der Waals surface area contributed by atoms with Gasteiger partial charge in [-0.1, -0.05) is 23.7 Å². The zero-order valence-electron chi connectivity index (χ0n) is 15.2. The van der Waals surface area contributed by atoms with Crippen molar-refractivity contribution in [1.82, 2.24) is 10.3 Å². The van der Waals surface area contributed by atoms with Gasteiger partial charge >= 0.3 is 0 Å². The number of nitrogens with one attached hydrogen (secondary N) is 1. The van der Waals surface area contributed by atoms with Crippen molar-refractivity contribution in [2.24, 2.45) is 5.92 Å². The van der Waals surface area contributed by atoms with Crippen LogP contribution in [0.5, 0.6) is 0 Å². The molecule has 0 bridgehead atoms. The van der Waals surface area contributed by atoms with Crippen LogP contribution in [0.3, 0.4) is 0 Å². The zero-order chi connectivity index (χ0) is 19.4. The second-order valence-electron chi connectivity index (χ2n) is 7.16. The summed E-state index contributed by atoms with van der Waals surface area (Å²) < 4.78 is 25.3. The van der Waals surface area contributed by atoms with E-state index in [1.165, 1.54) is 12.3 Å². The third-order valence-corrected chi connectivity index (χ3v) is 7.06. The fraction of sp³-hybridized carbons (Fsp3) is 0.400. The molecule has 1 aliphatic rings. The maximum Gasteiger partial charge on any atom is 0.251 e. The molecule has 1 saturated carbocycles. The molecule has 0 saturated heterocycles. The molecule has 144 valence electrons. The highest BCUT2D eigenvalue weighted by Crippen LogP contribution is 2.28. The highest BCUT2D eigenvalue weighted by molar-refractivity contribution is 7.91. The van der Waals surface area contributed by atoms with Crippen molar-refractivity contribution in [1.29, 1.82) is 0 Å². The van der Waals surface area contributed by atoms with E-state index in [0.717, 1.165) is 31.2 Å². The number of sulfone groups is 1. The monoisotopic (exact) mass is 406 g/mol. The Labute approximate surface area is 165 Å². The Morgan fingerprint density at radius 3 is 2.59 bits per heavy atom. The van der Waals surface area contributed by atoms with E-state index in [4.69, 9.17) is 11.6 Å². The number of hydrogen-bond acceptors (Lipinski definition) is 4. The minimum absolute atomic E-state index is 0.0577. The summed E-state index contributed by atoms with van der Waals surface area (Å²) in [5.74, 6) is 0.117. The van der Waals surface area contributed by atoms with E-state index in [0.29, 0.717) is 10.5 Å². The van der Waals surface area contributed by atoms with E-state index in [2.05, 4.69) is 10.3 Å². The Bertz CT molecular complexity index is 922. The van der Waals surface area contributed by atoms with Gasteiger partial charge in [-0.25, -0.2) is 13.4 Å². The maximum atomic E-state index is 12.6. The highest BCUT2D eigenvalue weighted by atomic mass is 35.5. The van der Waals surface area contributed by atoms with Crippen LogP contribution in [-0.2, 0) is 9.84 Å². The molecular formula is C20H23ClN2O3S. The van der Waals surface area contributed by atoms with E-state index < -0.39 is 9.84 Å². The van der Waals surface area contributed by atoms with Crippen LogP contribution >= 0.6 is 11.6 Å². The molecule has 1 aliphatic carbocycles. The largest absolute Gasteiger partial charge is 0.349 e. The normalized spacial score (nSPS) is 20.2. The summed E-state index contributed by atoms with van der Waals surface area (Å²) in [6.07, 6.45) is 4.63. The number of rotatable bonds is 5. The second kappa shape index (κ2) is 8.40. The molecule has 0 spiro atoms. The fourth-order valence-electron chi connectivity index (χ4n) is 3.50. The van der Waals surface area contributed by atoms with E-state index in [1.807, 2.05) is 13.0 Å². The Kier molecular flexibility index (Phi) is 6.17. The topological polar surface area (TPSA) is 76.1 Å². The molecule has 0 aliphatic heterocycles. The van der Waals surface area contributed by atoms with Crippen LogP contribution in [0, 0.1) is 12.8 Å². The molecule has 7 heteroatoms. The number of aryl methyl sites for hydroxylation is 1. The molecular weight excluding hydrogens is 384 g/mol. The van der Waals surface area contributed by atoms with Gasteiger partial charge in [0.1, 0.15) is 5.15 Å². The minimum Gasteiger partial charge on any atom is -0.349 e. The molecule has 2 aromatic rings. The van der Waals surface area contributed by atoms with Crippen molar-refractivity contribution in [3.05, 3.63) is 58.9 Å². The van der Waals surface area contributed by atoms with Crippen molar-refractivity contribution in [3.8, 4) is 0 Å². The van der Waals surface area contributed by atoms with Crippen LogP contribution in [0.25, 0.3) is 0 Å². The third-order valence-electron chi connectivity index (χ3n) is 4.97. The van der Waals surface area contributed by atoms with Crippen LogP contribution < -0.4 is 5.32 Å². The summed E-state index contributed by atoms with van der Waals surface area (Å²) in [5.41, 5.74) is 1.43. The fourth-order valence-corrected chi connectivity index (χ4v) is 5.47. The van der Waals surface area contributed by atoms with Gasteiger partial charge in [-0.3, -0.25) is 4.79 Å². The molecule has 27 heavy (non-hydrogen) atoms. The quantitative estimate of drug-likeness (QED) is 0.766. The molecule has 0 atom stereocenters. The minimum atomic E-state index is -3.28. The van der Waals surface area contributed by atoms with Crippen LogP contribution in [0.1, 0.15) is 41.6 Å². The first kappa shape index (κ1) is 19.8. The molecule has 1 aromatic heterocycles. The van der Waals surface area contributed by atoms with E-state index in [1.54, 1.807) is 24.3 Å². The van der Waals surface area contributed by atoms with E-state index in [-0.39, 0.29) is 28.8 Å². The number of benzene rings is 1. The van der Waals surface area contributed by atoms with Gasteiger partial charge < -0.3 is 5.32 Å². The number of nitrogens with zero attached hydrogens (tertiary/aromatic N) is 1. The van der Waals surface area contributed by atoms with Crippen molar-refractivity contribution < 1.29 is 13.2 Å². The summed E-state index contributed by atoms with van der Waals surface area (Å²) in [4.78, 5) is 16.6. The molecule has 1 aromatic carbocycles. The standard InChI is InChI=1S/C20H23ClN2O3S/c1-14-3-2-4-18(11-14)27(25,26)13-15-5-7-17(8-6-15)23-20(24)16-9-10-22-19(21)12-16/h2-4,9-12,15,17H,5-8,13H2,1H3,(H,23,24). The van der Waals surface area contributed by atoms with Gasteiger partial charge in [0.15, 0.2) is 9.84 Å². The van der Waals surface area contributed by atoms with Gasteiger partial charge in [0.25, 0.3) is 5.91 Å². The Hall–Kier alpha value is -1.92. The summed E-state index contributed by atoms with van der Waals surface area (Å²) in [7, 11) is -3.28. The number of pyridine rings is 1. The molecule has 5 nitrogen and oxygen atoms in total. The SMILES string of the molecule is Cc1cccc(S(=O)(=O)CC2CCC(NC(=O)c3ccnc(Cl)c3)CC2)c1. The third kappa shape index (κ3) is 5.30. The number of halogens is 1. The van der Waals surface area contributed by atoms with Crippen molar-refractivity contribution in [2.45, 2.75) is 43.5 Å². The van der Waals surface area contributed by atoms with Gasteiger partial charge in [0.05, 0.1) is 10.6 Å². The van der Waals surface area contributed by atoms with Crippen LogP contribution in [0.2, 0.25) is 5.15 Å². The van der Waals surface area contributed by atoms with Crippen LogP contribution in [0.4, 0.5) is 0 Å². The first-order valence-corrected chi connectivity index (χ1v) is 11.1. The lowest BCUT2D eigenvalue weighted by molar-refractivity contribution is 0.0923. The van der Waals surface area contributed by atoms with Gasteiger partial charge in [-0.2, -0.15) is 0 Å². The number of amides is 1. The number of carbonyl (C=O) groups excluding carboxylic acids is 1. The Balaban J connectivity index is 1.54. The number of hydrogen-bond donors (Lipinski definition) is 1. The molecule has 0 radical (unpaired) electrons. The number of aromatic nitrogens is 1. The average Bonchev–Trinajstić information content (AvgIpc) is 2.63. The molecule has 0 unspecified atom stereocenters. The molecule has 1 N–H and O–H groups in total. The molecule has 3 rings (SSSR count). The second-order valence-corrected chi connectivity index (χ2v) is 9.58. The smallest absolute Gasteiger partial charge is 0.251 e. The van der Waals surface area contributed by atoms with Crippen LogP contribution in [0.15, 0.2) is 47.5 Å². The first-order chi connectivity index (χ1) is 12.8. The van der Waals surface area contributed by atoms with Crippen molar-refractivity contribution >= 4 is 27.3 Å². The summed E-state index contributed by atoms with van der Waals surface area (Å²) in [5, 5.41) is 3.30. The van der Waals surface area contributed by atoms with Crippen LogP contribution in [-0.4, -0.2) is 31.1 Å². The lowest BCUT2D eigenvalue weighted by Gasteiger charge is -2.29. The lowest BCUT2D eigenvalue weighted by Crippen LogP contribution is -2.38. The average molecular weight is 407 g/mol. The predicted molar refractivity (Wildman–Crippen MR) is 106 cm³/mol. The van der Waals surface area contributed by atoms with E-state index >= 15 is 0 Å². The van der Waals surface area contributed by atoms with E-state index in [9.17, 15) is 13.2 Å². The Morgan fingerprint density at radius 2 is 1.93 bits per heavy atom. The van der Waals surface area contributed by atoms with Crippen molar-refractivity contribution in [3.63, 3.8) is 0 Å². The molecule has 1 heterocycles. The molecule has 1 amide bonds. The summed E-state index contributed by atoms with van der Waals surface area (Å²) in [6, 6.07) is 10.3. The lowest BCUT2D eigenvalue weighted by atomic mass is 9.87. The van der Waals surface area contributed by atoms with Gasteiger partial charge in [0.2, 0.25) is 0 Å². The van der Waals surface area contributed by atoms with Gasteiger partial charge in [-0.15, -0.1) is 0 Å². The Morgan fingerprint density at radius 1 is 1.19 bits per heavy atom. The van der Waals surface area contributed by atoms with Gasteiger partial charge in [0, 0.05) is 17.8 Å².